The minimum absolute atomic E-state index is 0.0208. The fourth-order valence-corrected chi connectivity index (χ4v) is 0.608. The molecule has 0 aliphatic rings. The molecule has 2 N–H and O–H groups in total. The Hall–Kier alpha value is -0.570. The van der Waals surface area contributed by atoms with Crippen molar-refractivity contribution < 1.29 is 9.90 Å². The summed E-state index contributed by atoms with van der Waals surface area (Å²) in [5, 5.41) is 8.42. The highest BCUT2D eigenvalue weighted by molar-refractivity contribution is 5.70. The van der Waals surface area contributed by atoms with Gasteiger partial charge in [0.25, 0.3) is 0 Å². The Labute approximate surface area is 54.9 Å². The molecule has 0 spiro atoms. The Morgan fingerprint density at radius 1 is 1.67 bits per heavy atom. The van der Waals surface area contributed by atoms with E-state index in [1.165, 1.54) is 0 Å². The van der Waals surface area contributed by atoms with E-state index in [9.17, 15) is 4.79 Å². The molecule has 0 aliphatic carbocycles. The van der Waals surface area contributed by atoms with E-state index in [2.05, 4.69) is 0 Å². The van der Waals surface area contributed by atoms with E-state index in [4.69, 9.17) is 10.8 Å². The Balaban J connectivity index is 3.83. The highest BCUT2D eigenvalue weighted by Gasteiger charge is 2.18. The van der Waals surface area contributed by atoms with Crippen molar-refractivity contribution in [3.05, 3.63) is 0 Å². The largest absolute Gasteiger partial charge is 0.481 e. The van der Waals surface area contributed by atoms with Crippen LogP contribution in [-0.4, -0.2) is 17.6 Å². The molecule has 0 rings (SSSR count). The summed E-state index contributed by atoms with van der Waals surface area (Å²) >= 11 is 0. The molecule has 0 aromatic carbocycles. The van der Waals surface area contributed by atoms with Gasteiger partial charge in [0.15, 0.2) is 0 Å². The average Bonchev–Trinajstić information content (AvgIpc) is 1.64. The number of carboxylic acid groups (broad SMARTS) is 1. The second kappa shape index (κ2) is 3.45. The molecule has 0 fully saturated rings. The Kier molecular flexibility index (Phi) is 3.24. The number of nitrogens with one attached hydrogen (secondary N) is 1. The van der Waals surface area contributed by atoms with Crippen molar-refractivity contribution in [2.24, 2.45) is 11.8 Å². The summed E-state index contributed by atoms with van der Waals surface area (Å²) in [5.74, 6) is -1.29. The lowest BCUT2D eigenvalue weighted by molar-refractivity contribution is -0.142. The molecule has 9 heavy (non-hydrogen) atoms. The van der Waals surface area contributed by atoms with Gasteiger partial charge in [-0.1, -0.05) is 13.8 Å². The van der Waals surface area contributed by atoms with Crippen molar-refractivity contribution in [2.75, 3.05) is 6.54 Å². The zero-order chi connectivity index (χ0) is 7.44. The van der Waals surface area contributed by atoms with Crippen LogP contribution in [0.25, 0.3) is 0 Å². The van der Waals surface area contributed by atoms with Crippen LogP contribution in [0.2, 0.25) is 0 Å². The number of carbonyl (C=O) groups is 1. The molecule has 0 bridgehead atoms. The summed E-state index contributed by atoms with van der Waals surface area (Å²) in [6.45, 7) is 3.60. The summed E-state index contributed by atoms with van der Waals surface area (Å²) in [6, 6.07) is 0. The fraction of sp³-hybridized carbons (Fsp3) is 0.833. The van der Waals surface area contributed by atoms with Gasteiger partial charge >= 0.3 is 5.97 Å². The molecule has 0 aromatic rings. The van der Waals surface area contributed by atoms with E-state index in [-0.39, 0.29) is 12.5 Å². The lowest BCUT2D eigenvalue weighted by Gasteiger charge is -2.11. The number of carboxylic acids is 1. The zero-order valence-electron chi connectivity index (χ0n) is 5.72. The maximum atomic E-state index is 10.3. The minimum Gasteiger partial charge on any atom is -0.481 e. The van der Waals surface area contributed by atoms with Crippen LogP contribution in [-0.2, 0) is 4.79 Å². The van der Waals surface area contributed by atoms with Crippen LogP contribution in [0.1, 0.15) is 13.8 Å². The molecule has 1 atom stereocenters. The SMILES string of the molecule is CC(C)C(C[NH])C(=O)O. The minimum atomic E-state index is -0.861. The molecular weight excluding hydrogens is 118 g/mol. The average molecular weight is 130 g/mol. The van der Waals surface area contributed by atoms with Crippen molar-refractivity contribution >= 4 is 5.97 Å². The normalized spacial score (nSPS) is 13.8. The Morgan fingerprint density at radius 3 is 2.11 bits per heavy atom. The molecule has 53 valence electrons. The number of aliphatic carboxylic acids is 1. The Morgan fingerprint density at radius 2 is 2.11 bits per heavy atom. The van der Waals surface area contributed by atoms with Gasteiger partial charge in [-0.3, -0.25) is 10.5 Å². The lowest BCUT2D eigenvalue weighted by atomic mass is 9.97. The van der Waals surface area contributed by atoms with Crippen LogP contribution in [0.15, 0.2) is 0 Å². The molecule has 0 amide bonds. The summed E-state index contributed by atoms with van der Waals surface area (Å²) in [7, 11) is 0. The molecular formula is C6H12NO2. The molecule has 1 radical (unpaired) electrons. The quantitative estimate of drug-likeness (QED) is 0.609. The smallest absolute Gasteiger partial charge is 0.308 e. The van der Waals surface area contributed by atoms with Crippen molar-refractivity contribution in [1.82, 2.24) is 5.73 Å². The van der Waals surface area contributed by atoms with Crippen LogP contribution >= 0.6 is 0 Å². The predicted molar refractivity (Wildman–Crippen MR) is 33.9 cm³/mol. The first kappa shape index (κ1) is 8.43. The van der Waals surface area contributed by atoms with Gasteiger partial charge < -0.3 is 5.11 Å². The molecule has 0 heterocycles. The van der Waals surface area contributed by atoms with Gasteiger partial charge in [0.2, 0.25) is 0 Å². The highest BCUT2D eigenvalue weighted by Crippen LogP contribution is 2.08. The van der Waals surface area contributed by atoms with Crippen LogP contribution < -0.4 is 5.73 Å². The highest BCUT2D eigenvalue weighted by atomic mass is 16.4. The van der Waals surface area contributed by atoms with Gasteiger partial charge in [0.1, 0.15) is 0 Å². The molecule has 3 heteroatoms. The van der Waals surface area contributed by atoms with E-state index < -0.39 is 11.9 Å². The molecule has 1 unspecified atom stereocenters. The summed E-state index contributed by atoms with van der Waals surface area (Å²) in [4.78, 5) is 10.3. The van der Waals surface area contributed by atoms with Crippen LogP contribution in [0.3, 0.4) is 0 Å². The van der Waals surface area contributed by atoms with E-state index in [0.717, 1.165) is 0 Å². The molecule has 0 aromatic heterocycles. The number of rotatable bonds is 3. The van der Waals surface area contributed by atoms with Gasteiger partial charge in [0, 0.05) is 6.54 Å². The van der Waals surface area contributed by atoms with Gasteiger partial charge in [-0.05, 0) is 5.92 Å². The van der Waals surface area contributed by atoms with Crippen LogP contribution in [0, 0.1) is 11.8 Å². The maximum absolute atomic E-state index is 10.3. The third-order valence-corrected chi connectivity index (χ3v) is 1.34. The Bertz CT molecular complexity index is 101. The first-order valence-electron chi connectivity index (χ1n) is 2.97. The van der Waals surface area contributed by atoms with E-state index in [1.54, 1.807) is 0 Å². The second-order valence-corrected chi connectivity index (χ2v) is 2.39. The van der Waals surface area contributed by atoms with Crippen molar-refractivity contribution in [3.8, 4) is 0 Å². The summed E-state index contributed by atoms with van der Waals surface area (Å²) < 4.78 is 0. The van der Waals surface area contributed by atoms with Gasteiger partial charge in [0.05, 0.1) is 5.92 Å². The van der Waals surface area contributed by atoms with E-state index in [0.29, 0.717) is 0 Å². The molecule has 0 saturated heterocycles. The topological polar surface area (TPSA) is 61.1 Å². The predicted octanol–water partition coefficient (Wildman–Crippen LogP) is 0.626. The lowest BCUT2D eigenvalue weighted by Crippen LogP contribution is -2.23. The van der Waals surface area contributed by atoms with Crippen molar-refractivity contribution in [1.29, 1.82) is 0 Å². The van der Waals surface area contributed by atoms with Gasteiger partial charge in [-0.2, -0.15) is 0 Å². The third-order valence-electron chi connectivity index (χ3n) is 1.34. The fourth-order valence-electron chi connectivity index (χ4n) is 0.608. The molecule has 0 saturated carbocycles. The van der Waals surface area contributed by atoms with E-state index >= 15 is 0 Å². The first-order chi connectivity index (χ1) is 4.09. The molecule has 3 nitrogen and oxygen atoms in total. The first-order valence-corrected chi connectivity index (χ1v) is 2.97. The molecule has 0 aliphatic heterocycles. The maximum Gasteiger partial charge on any atom is 0.308 e. The third kappa shape index (κ3) is 2.46. The zero-order valence-corrected chi connectivity index (χ0v) is 5.72. The summed E-state index contributed by atoms with van der Waals surface area (Å²) in [6.07, 6.45) is 0. The van der Waals surface area contributed by atoms with Gasteiger partial charge in [-0.25, -0.2) is 0 Å². The number of hydrogen-bond donors (Lipinski definition) is 1. The van der Waals surface area contributed by atoms with Crippen LogP contribution in [0.5, 0.6) is 0 Å². The van der Waals surface area contributed by atoms with Crippen molar-refractivity contribution in [2.45, 2.75) is 13.8 Å². The summed E-state index contributed by atoms with van der Waals surface area (Å²) in [5.41, 5.74) is 6.84. The monoisotopic (exact) mass is 130 g/mol. The van der Waals surface area contributed by atoms with Crippen LogP contribution in [0.4, 0.5) is 0 Å². The van der Waals surface area contributed by atoms with Gasteiger partial charge in [-0.15, -0.1) is 0 Å². The van der Waals surface area contributed by atoms with E-state index in [1.807, 2.05) is 13.8 Å². The second-order valence-electron chi connectivity index (χ2n) is 2.39. The standard InChI is InChI=1S/C6H12NO2/c1-4(2)5(3-7)6(8)9/h4-5,7H,3H2,1-2H3,(H,8,9). The van der Waals surface area contributed by atoms with Crippen molar-refractivity contribution in [3.63, 3.8) is 0 Å². The number of hydrogen-bond acceptors (Lipinski definition) is 1.